The van der Waals surface area contributed by atoms with Gasteiger partial charge in [0.05, 0.1) is 38.6 Å². The first kappa shape index (κ1) is 99.6. The van der Waals surface area contributed by atoms with Gasteiger partial charge in [0.15, 0.2) is 18.9 Å². The Balaban J connectivity index is 1.36. The van der Waals surface area contributed by atoms with Crippen LogP contribution in [0, 0.1) is 0 Å². The minimum absolute atomic E-state index is 0.229. The van der Waals surface area contributed by atoms with Crippen LogP contribution in [0.4, 0.5) is 0 Å². The summed E-state index contributed by atoms with van der Waals surface area (Å²) in [4.78, 5) is 13.5. The summed E-state index contributed by atoms with van der Waals surface area (Å²) in [6.07, 6.45) is 69.4. The molecule has 3 aliphatic rings. The van der Waals surface area contributed by atoms with E-state index in [1.54, 1.807) is 6.08 Å². The van der Waals surface area contributed by atoms with Gasteiger partial charge in [-0.05, 0) is 89.9 Å². The van der Waals surface area contributed by atoms with E-state index in [1.807, 2.05) is 6.08 Å². The molecule has 3 heterocycles. The highest BCUT2D eigenvalue weighted by Gasteiger charge is 2.54. The minimum atomic E-state index is -1.99. The van der Waals surface area contributed by atoms with Crippen LogP contribution in [0.1, 0.15) is 322 Å². The van der Waals surface area contributed by atoms with Crippen molar-refractivity contribution in [3.63, 3.8) is 0 Å². The van der Waals surface area contributed by atoms with Gasteiger partial charge in [0.1, 0.15) is 73.2 Å². The predicted octanol–water partition coefficient (Wildman–Crippen LogP) is 16.1. The van der Waals surface area contributed by atoms with Gasteiger partial charge in [-0.1, -0.05) is 335 Å². The lowest BCUT2D eigenvalue weighted by Gasteiger charge is -2.48. The number of aliphatic hydroxyl groups excluding tert-OH is 11. The number of rotatable bonds is 69. The fraction of sp³-hybridized carbons (Fsp3) is 0.789. The van der Waals surface area contributed by atoms with E-state index < -0.39 is 124 Å². The zero-order valence-corrected chi connectivity index (χ0v) is 67.8. The number of unbranched alkanes of at least 4 members (excludes halogenated alkanes) is 37. The van der Waals surface area contributed by atoms with Crippen molar-refractivity contribution in [2.24, 2.45) is 0 Å². The maximum Gasteiger partial charge on any atom is 0.220 e. The number of aliphatic hydroxyl groups is 11. The predicted molar refractivity (Wildman–Crippen MR) is 438 cm³/mol. The largest absolute Gasteiger partial charge is 0.394 e. The molecule has 0 spiro atoms. The van der Waals surface area contributed by atoms with Crippen molar-refractivity contribution in [1.82, 2.24) is 5.32 Å². The normalized spacial score (nSPS) is 25.8. The Morgan fingerprint density at radius 1 is 0.339 bits per heavy atom. The van der Waals surface area contributed by atoms with Crippen LogP contribution in [0.3, 0.4) is 0 Å². The van der Waals surface area contributed by atoms with Crippen LogP contribution >= 0.6 is 0 Å². The SMILES string of the molecule is CC/C=C\C/C=C\C/C=C\C/C=C\C/C=C\C/C=C\C/C=C\CCCCCCCCCCCCCCCC(=O)NC(COC1OC(CO)C(OC2OC(CO)C(OC3OC(CO)C(O)C(O)C3O)C(O)C2O)C(O)C1O)C(O)/C=C/CC/C=C/CCCCCCCCCCCCCCCCCCCCCCCCC. The highest BCUT2D eigenvalue weighted by atomic mass is 16.8. The molecule has 12 N–H and O–H groups in total. The monoisotopic (exact) mass is 1540 g/mol. The van der Waals surface area contributed by atoms with Crippen molar-refractivity contribution >= 4 is 5.91 Å². The second-order valence-electron chi connectivity index (χ2n) is 30.6. The molecule has 0 aromatic carbocycles. The average molecular weight is 1540 g/mol. The first-order valence-electron chi connectivity index (χ1n) is 43.6. The van der Waals surface area contributed by atoms with Gasteiger partial charge in [-0.3, -0.25) is 4.79 Å². The van der Waals surface area contributed by atoms with E-state index in [0.717, 1.165) is 96.3 Å². The number of amides is 1. The number of hydrogen-bond acceptors (Lipinski definition) is 18. The zero-order chi connectivity index (χ0) is 78.8. The van der Waals surface area contributed by atoms with Gasteiger partial charge in [-0.15, -0.1) is 0 Å². The summed E-state index contributed by atoms with van der Waals surface area (Å²) < 4.78 is 34.5. The molecule has 0 aromatic rings. The molecule has 3 fully saturated rings. The second kappa shape index (κ2) is 68.8. The number of allylic oxidation sites excluding steroid dienone is 17. The van der Waals surface area contributed by atoms with Gasteiger partial charge in [-0.25, -0.2) is 0 Å². The summed E-state index contributed by atoms with van der Waals surface area (Å²) in [5, 5.41) is 121. The molecule has 0 bridgehead atoms. The van der Waals surface area contributed by atoms with E-state index >= 15 is 0 Å². The Labute approximate surface area is 659 Å². The summed E-state index contributed by atoms with van der Waals surface area (Å²) >= 11 is 0. The molecule has 109 heavy (non-hydrogen) atoms. The van der Waals surface area contributed by atoms with E-state index in [2.05, 4.69) is 116 Å². The molecule has 0 saturated carbocycles. The number of hydrogen-bond donors (Lipinski definition) is 12. The number of carbonyl (C=O) groups is 1. The summed E-state index contributed by atoms with van der Waals surface area (Å²) in [7, 11) is 0. The van der Waals surface area contributed by atoms with Crippen molar-refractivity contribution in [3.8, 4) is 0 Å². The van der Waals surface area contributed by atoms with Crippen molar-refractivity contribution < 1.29 is 89.4 Å². The third-order valence-corrected chi connectivity index (χ3v) is 21.1. The molecule has 3 saturated heterocycles. The lowest BCUT2D eigenvalue weighted by atomic mass is 9.96. The summed E-state index contributed by atoms with van der Waals surface area (Å²) in [6, 6.07) is -0.999. The lowest BCUT2D eigenvalue weighted by molar-refractivity contribution is -0.379. The number of nitrogens with one attached hydrogen (secondary N) is 1. The van der Waals surface area contributed by atoms with E-state index in [4.69, 9.17) is 28.4 Å². The molecule has 630 valence electrons. The molecule has 0 aliphatic carbocycles. The van der Waals surface area contributed by atoms with Crippen LogP contribution in [-0.4, -0.2) is 193 Å². The highest BCUT2D eigenvalue weighted by molar-refractivity contribution is 5.76. The molecular weight excluding hydrogens is 1380 g/mol. The summed E-state index contributed by atoms with van der Waals surface area (Å²) in [5.41, 5.74) is 0. The molecule has 3 rings (SSSR count). The molecule has 19 nitrogen and oxygen atoms in total. The van der Waals surface area contributed by atoms with Crippen molar-refractivity contribution in [2.45, 2.75) is 426 Å². The third kappa shape index (κ3) is 47.8. The van der Waals surface area contributed by atoms with Gasteiger partial charge in [0.25, 0.3) is 0 Å². The van der Waals surface area contributed by atoms with Gasteiger partial charge >= 0.3 is 0 Å². The molecule has 0 aromatic heterocycles. The topological polar surface area (TPSA) is 307 Å². The fourth-order valence-electron chi connectivity index (χ4n) is 14.1. The lowest BCUT2D eigenvalue weighted by Crippen LogP contribution is -2.66. The number of ether oxygens (including phenoxy) is 6. The first-order valence-corrected chi connectivity index (χ1v) is 43.6. The van der Waals surface area contributed by atoms with Gasteiger partial charge in [-0.2, -0.15) is 0 Å². The zero-order valence-electron chi connectivity index (χ0n) is 67.8. The number of carbonyl (C=O) groups excluding carboxylic acids is 1. The molecule has 0 radical (unpaired) electrons. The molecule has 17 atom stereocenters. The second-order valence-corrected chi connectivity index (χ2v) is 30.6. The van der Waals surface area contributed by atoms with Crippen molar-refractivity contribution in [2.75, 3.05) is 26.4 Å². The molecule has 1 amide bonds. The maximum absolute atomic E-state index is 13.5. The van der Waals surface area contributed by atoms with E-state index in [0.29, 0.717) is 12.8 Å². The molecule has 17 unspecified atom stereocenters. The summed E-state index contributed by atoms with van der Waals surface area (Å²) in [6.45, 7) is 1.64. The quantitative estimate of drug-likeness (QED) is 0.0199. The van der Waals surface area contributed by atoms with Crippen molar-refractivity contribution in [3.05, 3.63) is 109 Å². The van der Waals surface area contributed by atoms with E-state index in [9.17, 15) is 61.0 Å². The van der Waals surface area contributed by atoms with Crippen LogP contribution in [0.25, 0.3) is 0 Å². The Morgan fingerprint density at radius 2 is 0.642 bits per heavy atom. The van der Waals surface area contributed by atoms with E-state index in [-0.39, 0.29) is 18.9 Å². The van der Waals surface area contributed by atoms with Gasteiger partial charge in [0.2, 0.25) is 5.91 Å². The third-order valence-electron chi connectivity index (χ3n) is 21.1. The van der Waals surface area contributed by atoms with Gasteiger partial charge < -0.3 is 89.9 Å². The first-order chi connectivity index (χ1) is 53.3. The van der Waals surface area contributed by atoms with Crippen LogP contribution in [0.5, 0.6) is 0 Å². The Bertz CT molecular complexity index is 2390. The Kier molecular flexibility index (Phi) is 62.9. The fourth-order valence-corrected chi connectivity index (χ4v) is 14.1. The smallest absolute Gasteiger partial charge is 0.220 e. The maximum atomic E-state index is 13.5. The van der Waals surface area contributed by atoms with E-state index in [1.165, 1.54) is 193 Å². The highest BCUT2D eigenvalue weighted by Crippen LogP contribution is 2.33. The van der Waals surface area contributed by atoms with Crippen LogP contribution in [0.2, 0.25) is 0 Å². The molecule has 3 aliphatic heterocycles. The van der Waals surface area contributed by atoms with Crippen LogP contribution in [-0.2, 0) is 33.2 Å². The standard InChI is InChI=1S/C90H157NO18/c1-3-5-7-9-11-13-15-17-19-21-23-25-27-29-31-33-34-35-36-37-38-40-42-44-46-48-50-52-54-56-58-60-62-64-66-68-78(96)91-73(74(95)67-65-63-61-59-57-55-53-51-49-47-45-43-41-39-32-30-28-26-24-22-20-18-16-14-12-10-8-6-4-2)72-104-88-84(102)81(99)86(76(70-93)106-88)109-90-85(103)82(100)87(77(71-94)107-90)108-89-83(101)80(98)79(97)75(69-92)105-89/h5,7,11,13,17,19,23,25,29,31,34-35,37-38,57,59,65,67,73-77,79-90,92-95,97-103H,3-4,6,8-10,12,14-16,18,20-22,24,26-28,30,32-33,36,39-56,58,60-64,66,68-72H2,1-2H3,(H,91,96)/b7-5-,13-11-,19-17-,25-23-,31-29-,35-34-,38-37-,59-57+,67-65+. The van der Waals surface area contributed by atoms with Crippen LogP contribution < -0.4 is 5.32 Å². The Hall–Kier alpha value is -3.55. The van der Waals surface area contributed by atoms with Crippen LogP contribution in [0.15, 0.2) is 109 Å². The summed E-state index contributed by atoms with van der Waals surface area (Å²) in [5.74, 6) is -0.287. The Morgan fingerprint density at radius 3 is 1.03 bits per heavy atom. The molecule has 19 heteroatoms. The molecular formula is C90H157NO18. The van der Waals surface area contributed by atoms with Crippen molar-refractivity contribution in [1.29, 1.82) is 0 Å². The van der Waals surface area contributed by atoms with Gasteiger partial charge in [0, 0.05) is 6.42 Å². The average Bonchev–Trinajstić information content (AvgIpc) is 0.749. The minimum Gasteiger partial charge on any atom is -0.394 e.